The molecule has 0 aromatic heterocycles. The molecular weight excluding hydrogens is 212 g/mol. The third kappa shape index (κ3) is 10.1. The van der Waals surface area contributed by atoms with Crippen LogP contribution in [0.5, 0.6) is 0 Å². The van der Waals surface area contributed by atoms with Gasteiger partial charge >= 0.3 is 8.56 Å². The Hall–Kier alpha value is -0.0331. The molecule has 0 bridgehead atoms. The summed E-state index contributed by atoms with van der Waals surface area (Å²) in [7, 11) is 1.67. The van der Waals surface area contributed by atoms with Gasteiger partial charge in [-0.05, 0) is 24.8 Å². The van der Waals surface area contributed by atoms with Gasteiger partial charge in [-0.25, -0.2) is 0 Å². The standard InChI is InChI=1S/C6H16O2SSi.C4H6/c1-7-10(3,8-2)6-4-5-9;1-3-4-2/h9H,4-6H2,1-3H3;3-4H,1-2H2. The third-order valence-electron chi connectivity index (χ3n) is 1.82. The van der Waals surface area contributed by atoms with Crippen molar-refractivity contribution in [2.45, 2.75) is 19.0 Å². The molecule has 0 spiro atoms. The topological polar surface area (TPSA) is 18.5 Å². The normalized spacial score (nSPS) is 10.0. The Balaban J connectivity index is 0. The quantitative estimate of drug-likeness (QED) is 0.433. The lowest BCUT2D eigenvalue weighted by molar-refractivity contribution is 0.249. The summed E-state index contributed by atoms with van der Waals surface area (Å²) in [5, 5.41) is 0. The average molecular weight is 234 g/mol. The smallest absolute Gasteiger partial charge is 0.334 e. The van der Waals surface area contributed by atoms with Crippen molar-refractivity contribution in [3.05, 3.63) is 25.3 Å². The lowest BCUT2D eigenvalue weighted by atomic mass is 10.6. The first kappa shape index (κ1) is 16.4. The van der Waals surface area contributed by atoms with Gasteiger partial charge in [0.25, 0.3) is 0 Å². The van der Waals surface area contributed by atoms with Gasteiger partial charge in [-0.2, -0.15) is 12.6 Å². The number of hydrogen-bond acceptors (Lipinski definition) is 3. The van der Waals surface area contributed by atoms with E-state index in [1.165, 1.54) is 0 Å². The van der Waals surface area contributed by atoms with Gasteiger partial charge in [0.1, 0.15) is 0 Å². The van der Waals surface area contributed by atoms with E-state index in [9.17, 15) is 0 Å². The molecule has 0 aromatic rings. The van der Waals surface area contributed by atoms with Crippen LogP contribution in [0.25, 0.3) is 0 Å². The molecule has 0 N–H and O–H groups in total. The molecule has 84 valence electrons. The molecule has 0 unspecified atom stereocenters. The first-order valence-electron chi connectivity index (χ1n) is 4.54. The highest BCUT2D eigenvalue weighted by Crippen LogP contribution is 2.13. The average Bonchev–Trinajstić information content (AvgIpc) is 2.26. The SMILES string of the molecule is C=CC=C.CO[Si](C)(CCCS)OC. The maximum atomic E-state index is 5.27. The minimum atomic E-state index is -1.77. The number of hydrogen-bond donors (Lipinski definition) is 1. The molecule has 0 amide bonds. The van der Waals surface area contributed by atoms with E-state index in [-0.39, 0.29) is 0 Å². The van der Waals surface area contributed by atoms with E-state index in [0.717, 1.165) is 18.2 Å². The first-order valence-corrected chi connectivity index (χ1v) is 7.70. The second-order valence-corrected chi connectivity index (χ2v) is 6.87. The van der Waals surface area contributed by atoms with Crippen LogP contribution in [0, 0.1) is 0 Å². The van der Waals surface area contributed by atoms with Gasteiger partial charge in [0, 0.05) is 14.2 Å². The van der Waals surface area contributed by atoms with Crippen LogP contribution in [0.4, 0.5) is 0 Å². The van der Waals surface area contributed by atoms with E-state index < -0.39 is 8.56 Å². The Morgan fingerprint density at radius 3 is 1.86 bits per heavy atom. The molecule has 4 heteroatoms. The monoisotopic (exact) mass is 234 g/mol. The number of rotatable bonds is 6. The molecule has 0 aromatic carbocycles. The van der Waals surface area contributed by atoms with Gasteiger partial charge in [0.2, 0.25) is 0 Å². The lowest BCUT2D eigenvalue weighted by Gasteiger charge is -2.21. The van der Waals surface area contributed by atoms with E-state index >= 15 is 0 Å². The van der Waals surface area contributed by atoms with Crippen LogP contribution in [-0.2, 0) is 8.85 Å². The zero-order valence-corrected chi connectivity index (χ0v) is 11.3. The highest BCUT2D eigenvalue weighted by atomic mass is 32.1. The van der Waals surface area contributed by atoms with Gasteiger partial charge in [0.05, 0.1) is 0 Å². The van der Waals surface area contributed by atoms with Crippen LogP contribution >= 0.6 is 12.6 Å². The number of allylic oxidation sites excluding steroid dienone is 2. The maximum Gasteiger partial charge on any atom is 0.334 e. The van der Waals surface area contributed by atoms with Crippen molar-refractivity contribution >= 4 is 21.2 Å². The summed E-state index contributed by atoms with van der Waals surface area (Å²) in [5.41, 5.74) is 0. The molecule has 0 aliphatic rings. The Kier molecular flexibility index (Phi) is 12.9. The summed E-state index contributed by atoms with van der Waals surface area (Å²) in [6.07, 6.45) is 4.35. The highest BCUT2D eigenvalue weighted by Gasteiger charge is 2.27. The molecule has 0 atom stereocenters. The molecule has 0 saturated carbocycles. The van der Waals surface area contributed by atoms with Crippen LogP contribution in [0.2, 0.25) is 12.6 Å². The largest absolute Gasteiger partial charge is 0.398 e. The Morgan fingerprint density at radius 2 is 1.64 bits per heavy atom. The van der Waals surface area contributed by atoms with E-state index in [2.05, 4.69) is 32.3 Å². The van der Waals surface area contributed by atoms with Gasteiger partial charge in [-0.1, -0.05) is 25.3 Å². The van der Waals surface area contributed by atoms with Crippen molar-refractivity contribution in [3.8, 4) is 0 Å². The second-order valence-electron chi connectivity index (χ2n) is 2.84. The summed E-state index contributed by atoms with van der Waals surface area (Å²) in [5.74, 6) is 0.912. The predicted molar refractivity (Wildman–Crippen MR) is 69.3 cm³/mol. The summed E-state index contributed by atoms with van der Waals surface area (Å²) < 4.78 is 10.5. The van der Waals surface area contributed by atoms with Crippen LogP contribution < -0.4 is 0 Å². The number of thiol groups is 1. The summed E-state index contributed by atoms with van der Waals surface area (Å²) in [6.45, 7) is 8.79. The molecule has 14 heavy (non-hydrogen) atoms. The van der Waals surface area contributed by atoms with Crippen molar-refractivity contribution < 1.29 is 8.85 Å². The highest BCUT2D eigenvalue weighted by molar-refractivity contribution is 7.80. The summed E-state index contributed by atoms with van der Waals surface area (Å²) in [6, 6.07) is 1.03. The van der Waals surface area contributed by atoms with Gasteiger partial charge in [-0.3, -0.25) is 0 Å². The van der Waals surface area contributed by atoms with E-state index in [0.29, 0.717) is 0 Å². The molecule has 0 fully saturated rings. The van der Waals surface area contributed by atoms with Crippen LogP contribution in [0.3, 0.4) is 0 Å². The molecule has 0 aliphatic carbocycles. The molecule has 0 aliphatic heterocycles. The van der Waals surface area contributed by atoms with Crippen LogP contribution in [0.15, 0.2) is 25.3 Å². The maximum absolute atomic E-state index is 5.27. The minimum Gasteiger partial charge on any atom is -0.398 e. The fourth-order valence-corrected chi connectivity index (χ4v) is 2.54. The summed E-state index contributed by atoms with van der Waals surface area (Å²) >= 11 is 4.12. The molecule has 2 nitrogen and oxygen atoms in total. The van der Waals surface area contributed by atoms with Crippen molar-refractivity contribution in [1.82, 2.24) is 0 Å². The van der Waals surface area contributed by atoms with Crippen molar-refractivity contribution in [2.24, 2.45) is 0 Å². The van der Waals surface area contributed by atoms with E-state index in [4.69, 9.17) is 8.85 Å². The van der Waals surface area contributed by atoms with Crippen LogP contribution in [-0.4, -0.2) is 28.5 Å². The lowest BCUT2D eigenvalue weighted by Crippen LogP contribution is -2.35. The summed E-state index contributed by atoms with van der Waals surface area (Å²) in [4.78, 5) is 0. The fraction of sp³-hybridized carbons (Fsp3) is 0.600. The van der Waals surface area contributed by atoms with E-state index in [1.807, 2.05) is 0 Å². The molecule has 0 radical (unpaired) electrons. The van der Waals surface area contributed by atoms with Crippen molar-refractivity contribution in [1.29, 1.82) is 0 Å². The molecular formula is C10H22O2SSi. The Labute approximate surface area is 94.7 Å². The molecule has 0 saturated heterocycles. The Morgan fingerprint density at radius 1 is 1.21 bits per heavy atom. The van der Waals surface area contributed by atoms with E-state index in [1.54, 1.807) is 26.4 Å². The first-order chi connectivity index (χ1) is 6.60. The van der Waals surface area contributed by atoms with Crippen molar-refractivity contribution in [2.75, 3.05) is 20.0 Å². The van der Waals surface area contributed by atoms with Crippen LogP contribution in [0.1, 0.15) is 6.42 Å². The van der Waals surface area contributed by atoms with Gasteiger partial charge in [-0.15, -0.1) is 0 Å². The second kappa shape index (κ2) is 11.0. The predicted octanol–water partition coefficient (Wildman–Crippen LogP) is 3.03. The van der Waals surface area contributed by atoms with Gasteiger partial charge in [0.15, 0.2) is 0 Å². The molecule has 0 heterocycles. The zero-order chi connectivity index (χ0) is 11.4. The van der Waals surface area contributed by atoms with Crippen molar-refractivity contribution in [3.63, 3.8) is 0 Å². The third-order valence-corrected chi connectivity index (χ3v) is 5.12. The minimum absolute atomic E-state index is 0.912. The molecule has 0 rings (SSSR count). The Bertz CT molecular complexity index is 141. The van der Waals surface area contributed by atoms with Gasteiger partial charge < -0.3 is 8.85 Å². The zero-order valence-electron chi connectivity index (χ0n) is 9.45. The fourth-order valence-electron chi connectivity index (χ4n) is 0.688.